The number of benzene rings is 1. The number of hydrogen-bond acceptors (Lipinski definition) is 3. The molecule has 0 radical (unpaired) electrons. The van der Waals surface area contributed by atoms with Crippen LogP contribution in [0.4, 0.5) is 4.39 Å². The number of carbonyl (C=O) groups excluding carboxylic acids is 2. The number of hydrogen-bond donors (Lipinski definition) is 2. The molecule has 1 aliphatic heterocycles. The lowest BCUT2D eigenvalue weighted by atomic mass is 10.2. The van der Waals surface area contributed by atoms with Gasteiger partial charge in [-0.3, -0.25) is 9.59 Å². The molecule has 1 heterocycles. The standard InChI is InChI=1S/C13H15FN2O3/c14-9-1-3-10(4-2-9)19-8-7-15-13(18)11-5-6-12(17)16-11/h1-4,11H,5-8H2,(H,15,18)(H,16,17)/t11-/m0/s1. The zero-order chi connectivity index (χ0) is 13.7. The van der Waals surface area contributed by atoms with Crippen LogP contribution in [-0.4, -0.2) is 31.0 Å². The van der Waals surface area contributed by atoms with Gasteiger partial charge in [-0.25, -0.2) is 4.39 Å². The largest absolute Gasteiger partial charge is 0.492 e. The van der Waals surface area contributed by atoms with Gasteiger partial charge in [-0.15, -0.1) is 0 Å². The second-order valence-corrected chi connectivity index (χ2v) is 4.25. The molecule has 0 saturated carbocycles. The summed E-state index contributed by atoms with van der Waals surface area (Å²) in [5.74, 6) is -0.0706. The van der Waals surface area contributed by atoms with Gasteiger partial charge in [0.25, 0.3) is 0 Å². The Kier molecular flexibility index (Phi) is 4.33. The summed E-state index contributed by atoms with van der Waals surface area (Å²) in [5.41, 5.74) is 0. The van der Waals surface area contributed by atoms with Gasteiger partial charge in [-0.2, -0.15) is 0 Å². The third-order valence-corrected chi connectivity index (χ3v) is 2.80. The van der Waals surface area contributed by atoms with E-state index in [1.54, 1.807) is 0 Å². The van der Waals surface area contributed by atoms with Crippen LogP contribution >= 0.6 is 0 Å². The molecule has 1 aromatic carbocycles. The fourth-order valence-corrected chi connectivity index (χ4v) is 1.81. The highest BCUT2D eigenvalue weighted by Crippen LogP contribution is 2.10. The fourth-order valence-electron chi connectivity index (χ4n) is 1.81. The van der Waals surface area contributed by atoms with E-state index in [1.165, 1.54) is 24.3 Å². The molecular formula is C13H15FN2O3. The van der Waals surface area contributed by atoms with E-state index < -0.39 is 6.04 Å². The lowest BCUT2D eigenvalue weighted by Crippen LogP contribution is -2.42. The van der Waals surface area contributed by atoms with Crippen molar-refractivity contribution in [3.63, 3.8) is 0 Å². The zero-order valence-corrected chi connectivity index (χ0v) is 10.3. The van der Waals surface area contributed by atoms with Gasteiger partial charge >= 0.3 is 0 Å². The monoisotopic (exact) mass is 266 g/mol. The molecular weight excluding hydrogens is 251 g/mol. The van der Waals surface area contributed by atoms with Crippen molar-refractivity contribution >= 4 is 11.8 Å². The Bertz CT molecular complexity index is 461. The third kappa shape index (κ3) is 3.94. The summed E-state index contributed by atoms with van der Waals surface area (Å²) in [6.07, 6.45) is 0.924. The van der Waals surface area contributed by atoms with Gasteiger partial charge in [-0.1, -0.05) is 0 Å². The van der Waals surface area contributed by atoms with Gasteiger partial charge in [0, 0.05) is 6.42 Å². The first-order valence-electron chi connectivity index (χ1n) is 6.10. The van der Waals surface area contributed by atoms with Gasteiger partial charge in [-0.05, 0) is 30.7 Å². The van der Waals surface area contributed by atoms with Crippen molar-refractivity contribution in [3.05, 3.63) is 30.1 Å². The van der Waals surface area contributed by atoms with Crippen molar-refractivity contribution in [1.82, 2.24) is 10.6 Å². The summed E-state index contributed by atoms with van der Waals surface area (Å²) in [7, 11) is 0. The summed E-state index contributed by atoms with van der Waals surface area (Å²) in [6, 6.07) is 5.23. The molecule has 1 saturated heterocycles. The molecule has 6 heteroatoms. The highest BCUT2D eigenvalue weighted by molar-refractivity contribution is 5.90. The summed E-state index contributed by atoms with van der Waals surface area (Å²) < 4.78 is 18.0. The van der Waals surface area contributed by atoms with Crippen molar-refractivity contribution in [2.75, 3.05) is 13.2 Å². The van der Waals surface area contributed by atoms with Crippen molar-refractivity contribution in [2.45, 2.75) is 18.9 Å². The number of halogens is 1. The van der Waals surface area contributed by atoms with E-state index in [0.29, 0.717) is 25.1 Å². The average molecular weight is 266 g/mol. The summed E-state index contributed by atoms with van der Waals surface area (Å²) in [6.45, 7) is 0.626. The van der Waals surface area contributed by atoms with Crippen LogP contribution in [0.1, 0.15) is 12.8 Å². The number of carbonyl (C=O) groups is 2. The molecule has 0 aromatic heterocycles. The molecule has 1 aliphatic rings. The predicted molar refractivity (Wildman–Crippen MR) is 66.1 cm³/mol. The van der Waals surface area contributed by atoms with Crippen LogP contribution in [0.15, 0.2) is 24.3 Å². The van der Waals surface area contributed by atoms with E-state index in [4.69, 9.17) is 4.74 Å². The van der Waals surface area contributed by atoms with Crippen molar-refractivity contribution in [1.29, 1.82) is 0 Å². The van der Waals surface area contributed by atoms with E-state index >= 15 is 0 Å². The van der Waals surface area contributed by atoms with E-state index in [1.807, 2.05) is 0 Å². The van der Waals surface area contributed by atoms with Gasteiger partial charge < -0.3 is 15.4 Å². The second-order valence-electron chi connectivity index (χ2n) is 4.25. The van der Waals surface area contributed by atoms with Gasteiger partial charge in [0.2, 0.25) is 11.8 Å². The smallest absolute Gasteiger partial charge is 0.242 e. The average Bonchev–Trinajstić information content (AvgIpc) is 2.83. The quantitative estimate of drug-likeness (QED) is 0.767. The molecule has 102 valence electrons. The summed E-state index contributed by atoms with van der Waals surface area (Å²) >= 11 is 0. The zero-order valence-electron chi connectivity index (χ0n) is 10.3. The minimum atomic E-state index is -0.432. The lowest BCUT2D eigenvalue weighted by Gasteiger charge is -2.11. The Morgan fingerprint density at radius 3 is 2.79 bits per heavy atom. The molecule has 1 fully saturated rings. The topological polar surface area (TPSA) is 67.4 Å². The first-order valence-corrected chi connectivity index (χ1v) is 6.10. The molecule has 0 bridgehead atoms. The molecule has 1 atom stereocenters. The first kappa shape index (κ1) is 13.3. The van der Waals surface area contributed by atoms with Crippen molar-refractivity contribution < 1.29 is 18.7 Å². The molecule has 0 aliphatic carbocycles. The third-order valence-electron chi connectivity index (χ3n) is 2.80. The van der Waals surface area contributed by atoms with Crippen LogP contribution in [0.3, 0.4) is 0 Å². The minimum absolute atomic E-state index is 0.0947. The van der Waals surface area contributed by atoms with Gasteiger partial charge in [0.05, 0.1) is 6.54 Å². The van der Waals surface area contributed by atoms with E-state index in [-0.39, 0.29) is 24.2 Å². The van der Waals surface area contributed by atoms with Crippen LogP contribution in [-0.2, 0) is 9.59 Å². The minimum Gasteiger partial charge on any atom is -0.492 e. The van der Waals surface area contributed by atoms with Gasteiger partial charge in [0.15, 0.2) is 0 Å². The van der Waals surface area contributed by atoms with Crippen molar-refractivity contribution in [2.24, 2.45) is 0 Å². The number of ether oxygens (including phenoxy) is 1. The Hall–Kier alpha value is -2.11. The number of rotatable bonds is 5. The maximum absolute atomic E-state index is 12.6. The molecule has 2 rings (SSSR count). The Morgan fingerprint density at radius 2 is 2.16 bits per heavy atom. The summed E-state index contributed by atoms with van der Waals surface area (Å²) in [5, 5.41) is 5.26. The van der Waals surface area contributed by atoms with E-state index in [2.05, 4.69) is 10.6 Å². The van der Waals surface area contributed by atoms with E-state index in [0.717, 1.165) is 0 Å². The highest BCUT2D eigenvalue weighted by atomic mass is 19.1. The highest BCUT2D eigenvalue weighted by Gasteiger charge is 2.26. The van der Waals surface area contributed by atoms with Crippen LogP contribution in [0, 0.1) is 5.82 Å². The first-order chi connectivity index (χ1) is 9.15. The van der Waals surface area contributed by atoms with Crippen molar-refractivity contribution in [3.8, 4) is 5.75 Å². The molecule has 2 amide bonds. The molecule has 0 spiro atoms. The SMILES string of the molecule is O=C1CC[C@@H](C(=O)NCCOc2ccc(F)cc2)N1. The van der Waals surface area contributed by atoms with Crippen LogP contribution < -0.4 is 15.4 Å². The second kappa shape index (κ2) is 6.17. The van der Waals surface area contributed by atoms with Crippen LogP contribution in [0.5, 0.6) is 5.75 Å². The maximum atomic E-state index is 12.6. The summed E-state index contributed by atoms with van der Waals surface area (Å²) in [4.78, 5) is 22.6. The molecule has 19 heavy (non-hydrogen) atoms. The molecule has 0 unspecified atom stereocenters. The fraction of sp³-hybridized carbons (Fsp3) is 0.385. The Labute approximate surface area is 110 Å². The normalized spacial score (nSPS) is 17.9. The maximum Gasteiger partial charge on any atom is 0.242 e. The predicted octanol–water partition coefficient (Wildman–Crippen LogP) is 0.599. The molecule has 5 nitrogen and oxygen atoms in total. The Morgan fingerprint density at radius 1 is 1.42 bits per heavy atom. The van der Waals surface area contributed by atoms with Crippen LogP contribution in [0.2, 0.25) is 0 Å². The van der Waals surface area contributed by atoms with E-state index in [9.17, 15) is 14.0 Å². The van der Waals surface area contributed by atoms with Gasteiger partial charge in [0.1, 0.15) is 24.2 Å². The lowest BCUT2D eigenvalue weighted by molar-refractivity contribution is -0.125. The number of amides is 2. The number of nitrogens with one attached hydrogen (secondary N) is 2. The molecule has 2 N–H and O–H groups in total. The van der Waals surface area contributed by atoms with Crippen LogP contribution in [0.25, 0.3) is 0 Å². The molecule has 1 aromatic rings. The Balaban J connectivity index is 1.65.